The lowest BCUT2D eigenvalue weighted by Crippen LogP contribution is -1.91. The fourth-order valence-electron chi connectivity index (χ4n) is 0.829. The highest BCUT2D eigenvalue weighted by atomic mass is 19.1. The highest BCUT2D eigenvalue weighted by molar-refractivity contribution is 4.82. The smallest absolute Gasteiger partial charge is 0.0973 e. The lowest BCUT2D eigenvalue weighted by Gasteiger charge is -1.98. The van der Waals surface area contributed by atoms with Crippen LogP contribution in [0.3, 0.4) is 0 Å². The van der Waals surface area contributed by atoms with Crippen molar-refractivity contribution in [3.05, 3.63) is 0 Å². The Morgan fingerprint density at radius 3 is 2.60 bits per heavy atom. The maximum Gasteiger partial charge on any atom is 0.0973 e. The van der Waals surface area contributed by atoms with Gasteiger partial charge < -0.3 is 0 Å². The molecule has 1 unspecified atom stereocenters. The van der Waals surface area contributed by atoms with Crippen LogP contribution in [0.25, 0.3) is 0 Å². The molecule has 0 rings (SSSR count). The van der Waals surface area contributed by atoms with Gasteiger partial charge in [0, 0.05) is 6.42 Å². The van der Waals surface area contributed by atoms with E-state index in [0.717, 1.165) is 25.7 Å². The molecule has 0 N–H and O–H groups in total. The second kappa shape index (κ2) is 6.61. The van der Waals surface area contributed by atoms with Gasteiger partial charge in [0.15, 0.2) is 0 Å². The molecule has 0 saturated heterocycles. The van der Waals surface area contributed by atoms with E-state index in [1.807, 2.05) is 0 Å². The first-order chi connectivity index (χ1) is 4.77. The van der Waals surface area contributed by atoms with Crippen molar-refractivity contribution in [3.63, 3.8) is 0 Å². The molecule has 0 aliphatic heterocycles. The van der Waals surface area contributed by atoms with E-state index in [2.05, 4.69) is 5.92 Å². The van der Waals surface area contributed by atoms with Crippen LogP contribution in [-0.4, -0.2) is 6.17 Å². The summed E-state index contributed by atoms with van der Waals surface area (Å²) in [5.41, 5.74) is 0. The Morgan fingerprint density at radius 1 is 1.40 bits per heavy atom. The second-order valence-corrected chi connectivity index (χ2v) is 2.58. The van der Waals surface area contributed by atoms with Gasteiger partial charge in [-0.3, -0.25) is 0 Å². The van der Waals surface area contributed by atoms with Crippen molar-refractivity contribution in [2.45, 2.75) is 45.2 Å². The second-order valence-electron chi connectivity index (χ2n) is 2.58. The summed E-state index contributed by atoms with van der Waals surface area (Å²) in [6.07, 6.45) is 9.00. The Balaban J connectivity index is 2.86. The minimum Gasteiger partial charge on any atom is -0.248 e. The van der Waals surface area contributed by atoms with Gasteiger partial charge in [-0.1, -0.05) is 12.8 Å². The summed E-state index contributed by atoms with van der Waals surface area (Å²) in [5.74, 6) is 2.56. The zero-order chi connectivity index (χ0) is 7.82. The van der Waals surface area contributed by atoms with Gasteiger partial charge in [0.2, 0.25) is 0 Å². The molecular weight excluding hydrogens is 127 g/mol. The van der Waals surface area contributed by atoms with Gasteiger partial charge in [-0.15, -0.1) is 12.3 Å². The predicted molar refractivity (Wildman–Crippen MR) is 42.5 cm³/mol. The number of terminal acetylenes is 1. The third-order valence-electron chi connectivity index (χ3n) is 1.42. The SMILES string of the molecule is C#CCCCCCC(C)F. The molecule has 0 saturated carbocycles. The summed E-state index contributed by atoms with van der Waals surface area (Å²) in [6, 6.07) is 0. The van der Waals surface area contributed by atoms with Crippen LogP contribution in [0.1, 0.15) is 39.0 Å². The van der Waals surface area contributed by atoms with Crippen molar-refractivity contribution >= 4 is 0 Å². The van der Waals surface area contributed by atoms with Crippen molar-refractivity contribution in [1.29, 1.82) is 0 Å². The fourth-order valence-corrected chi connectivity index (χ4v) is 0.829. The molecule has 0 heterocycles. The van der Waals surface area contributed by atoms with Crippen LogP contribution < -0.4 is 0 Å². The zero-order valence-corrected chi connectivity index (χ0v) is 6.57. The molecule has 10 heavy (non-hydrogen) atoms. The van der Waals surface area contributed by atoms with E-state index in [1.54, 1.807) is 6.92 Å². The average molecular weight is 142 g/mol. The molecular formula is C9H15F. The highest BCUT2D eigenvalue weighted by Gasteiger charge is 1.95. The van der Waals surface area contributed by atoms with Crippen molar-refractivity contribution in [2.24, 2.45) is 0 Å². The summed E-state index contributed by atoms with van der Waals surface area (Å²) >= 11 is 0. The third kappa shape index (κ3) is 7.49. The molecule has 1 atom stereocenters. The van der Waals surface area contributed by atoms with Crippen LogP contribution >= 0.6 is 0 Å². The summed E-state index contributed by atoms with van der Waals surface area (Å²) < 4.78 is 12.2. The van der Waals surface area contributed by atoms with Gasteiger partial charge >= 0.3 is 0 Å². The van der Waals surface area contributed by atoms with E-state index in [1.165, 1.54) is 0 Å². The van der Waals surface area contributed by atoms with Crippen molar-refractivity contribution in [3.8, 4) is 12.3 Å². The molecule has 0 aliphatic rings. The molecule has 0 aliphatic carbocycles. The van der Waals surface area contributed by atoms with E-state index >= 15 is 0 Å². The van der Waals surface area contributed by atoms with Gasteiger partial charge in [0.05, 0.1) is 6.17 Å². The van der Waals surface area contributed by atoms with Crippen LogP contribution in [-0.2, 0) is 0 Å². The Bertz CT molecular complexity index is 99.8. The van der Waals surface area contributed by atoms with E-state index in [-0.39, 0.29) is 0 Å². The molecule has 1 heteroatoms. The van der Waals surface area contributed by atoms with Crippen molar-refractivity contribution in [1.82, 2.24) is 0 Å². The topological polar surface area (TPSA) is 0 Å². The Hall–Kier alpha value is -0.510. The first-order valence-corrected chi connectivity index (χ1v) is 3.85. The molecule has 0 radical (unpaired) electrons. The summed E-state index contributed by atoms with van der Waals surface area (Å²) in [5, 5.41) is 0. The first-order valence-electron chi connectivity index (χ1n) is 3.85. The van der Waals surface area contributed by atoms with Crippen molar-refractivity contribution < 1.29 is 4.39 Å². The van der Waals surface area contributed by atoms with Gasteiger partial charge in [-0.25, -0.2) is 4.39 Å². The molecule has 0 amide bonds. The predicted octanol–water partition coefficient (Wildman–Crippen LogP) is 2.93. The molecule has 0 nitrogen and oxygen atoms in total. The Labute approximate surface area is 62.8 Å². The fraction of sp³-hybridized carbons (Fsp3) is 0.778. The lowest BCUT2D eigenvalue weighted by molar-refractivity contribution is 0.330. The van der Waals surface area contributed by atoms with Crippen LogP contribution in [0.4, 0.5) is 4.39 Å². The quantitative estimate of drug-likeness (QED) is 0.409. The molecule has 0 fully saturated rings. The third-order valence-corrected chi connectivity index (χ3v) is 1.42. The van der Waals surface area contributed by atoms with Gasteiger partial charge in [0.25, 0.3) is 0 Å². The normalized spacial score (nSPS) is 12.5. The summed E-state index contributed by atoms with van der Waals surface area (Å²) in [4.78, 5) is 0. The minimum atomic E-state index is -0.647. The molecule has 58 valence electrons. The highest BCUT2D eigenvalue weighted by Crippen LogP contribution is 2.06. The Kier molecular flexibility index (Phi) is 6.27. The number of unbranched alkanes of at least 4 members (excludes halogenated alkanes) is 3. The molecule has 0 aromatic rings. The standard InChI is InChI=1S/C9H15F/c1-3-4-5-6-7-8-9(2)10/h1,9H,4-8H2,2H3. The number of hydrogen-bond acceptors (Lipinski definition) is 0. The number of halogens is 1. The monoisotopic (exact) mass is 142 g/mol. The van der Waals surface area contributed by atoms with Gasteiger partial charge in [-0.2, -0.15) is 0 Å². The van der Waals surface area contributed by atoms with Gasteiger partial charge in [-0.05, 0) is 19.8 Å². The van der Waals surface area contributed by atoms with Crippen LogP contribution in [0, 0.1) is 12.3 Å². The average Bonchev–Trinajstić information content (AvgIpc) is 1.87. The zero-order valence-electron chi connectivity index (χ0n) is 6.57. The van der Waals surface area contributed by atoms with E-state index < -0.39 is 6.17 Å². The molecule has 0 spiro atoms. The summed E-state index contributed by atoms with van der Waals surface area (Å²) in [6.45, 7) is 1.60. The van der Waals surface area contributed by atoms with Crippen LogP contribution in [0.2, 0.25) is 0 Å². The maximum atomic E-state index is 12.2. The van der Waals surface area contributed by atoms with E-state index in [4.69, 9.17) is 6.42 Å². The maximum absolute atomic E-state index is 12.2. The molecule has 0 aromatic heterocycles. The van der Waals surface area contributed by atoms with E-state index in [0.29, 0.717) is 6.42 Å². The van der Waals surface area contributed by atoms with Crippen LogP contribution in [0.15, 0.2) is 0 Å². The van der Waals surface area contributed by atoms with Gasteiger partial charge in [0.1, 0.15) is 0 Å². The van der Waals surface area contributed by atoms with E-state index in [9.17, 15) is 4.39 Å². The van der Waals surface area contributed by atoms with Crippen LogP contribution in [0.5, 0.6) is 0 Å². The Morgan fingerprint density at radius 2 is 2.10 bits per heavy atom. The minimum absolute atomic E-state index is 0.647. The molecule has 0 aromatic carbocycles. The number of hydrogen-bond donors (Lipinski definition) is 0. The molecule has 0 bridgehead atoms. The summed E-state index contributed by atoms with van der Waals surface area (Å²) in [7, 11) is 0. The number of rotatable bonds is 5. The lowest BCUT2D eigenvalue weighted by atomic mass is 10.1. The number of alkyl halides is 1. The largest absolute Gasteiger partial charge is 0.248 e. The first kappa shape index (κ1) is 9.49. The van der Waals surface area contributed by atoms with Crippen molar-refractivity contribution in [2.75, 3.05) is 0 Å².